The van der Waals surface area contributed by atoms with Crippen molar-refractivity contribution in [2.45, 2.75) is 45.6 Å². The molecule has 9 heteroatoms. The van der Waals surface area contributed by atoms with Crippen molar-refractivity contribution in [1.29, 1.82) is 0 Å². The normalized spacial score (nSPS) is 19.4. The van der Waals surface area contributed by atoms with Crippen molar-refractivity contribution in [3.05, 3.63) is 17.7 Å². The van der Waals surface area contributed by atoms with Gasteiger partial charge in [-0.1, -0.05) is 13.8 Å². The predicted octanol–water partition coefficient (Wildman–Crippen LogP) is 0.996. The van der Waals surface area contributed by atoms with Crippen molar-refractivity contribution in [3.63, 3.8) is 0 Å². The van der Waals surface area contributed by atoms with Crippen LogP contribution in [0.1, 0.15) is 49.3 Å². The number of hydrogen-bond acceptors (Lipinski definition) is 5. The van der Waals surface area contributed by atoms with Crippen LogP contribution in [0.2, 0.25) is 0 Å². The van der Waals surface area contributed by atoms with Crippen molar-refractivity contribution in [2.24, 2.45) is 5.92 Å². The summed E-state index contributed by atoms with van der Waals surface area (Å²) in [5.74, 6) is -0.134. The van der Waals surface area contributed by atoms with Crippen molar-refractivity contribution < 1.29 is 19.5 Å². The number of carbonyl (C=O) groups is 3. The summed E-state index contributed by atoms with van der Waals surface area (Å²) in [7, 11) is 0. The molecule has 2 fully saturated rings. The zero-order chi connectivity index (χ0) is 20.5. The van der Waals surface area contributed by atoms with E-state index >= 15 is 0 Å². The number of aromatic amines is 1. The average Bonchev–Trinajstić information content (AvgIpc) is 3.17. The van der Waals surface area contributed by atoms with E-state index in [1.165, 1.54) is 11.2 Å². The first-order valence-electron chi connectivity index (χ1n) is 9.85. The maximum atomic E-state index is 13.2. The van der Waals surface area contributed by atoms with Gasteiger partial charge in [0.1, 0.15) is 11.2 Å². The number of nitrogens with zero attached hydrogens (tertiary/aromatic N) is 4. The maximum Gasteiger partial charge on any atom is 0.327 e. The molecule has 28 heavy (non-hydrogen) atoms. The number of imide groups is 1. The lowest BCUT2D eigenvalue weighted by atomic mass is 9.85. The van der Waals surface area contributed by atoms with E-state index in [0.717, 1.165) is 0 Å². The van der Waals surface area contributed by atoms with Gasteiger partial charge in [0.25, 0.3) is 11.8 Å². The molecular formula is C19H29N5O4. The molecule has 2 saturated heterocycles. The van der Waals surface area contributed by atoms with Gasteiger partial charge in [-0.3, -0.25) is 14.5 Å². The summed E-state index contributed by atoms with van der Waals surface area (Å²) in [5.41, 5.74) is 0.219. The molecule has 0 aliphatic carbocycles. The van der Waals surface area contributed by atoms with Gasteiger partial charge in [0.15, 0.2) is 0 Å². The summed E-state index contributed by atoms with van der Waals surface area (Å²) >= 11 is 0. The zero-order valence-electron chi connectivity index (χ0n) is 16.8. The lowest BCUT2D eigenvalue weighted by Gasteiger charge is -2.42. The smallest absolute Gasteiger partial charge is 0.327 e. The Balaban J connectivity index is 1.79. The number of aliphatic hydroxyl groups excluding tert-OH is 1. The number of H-pyrrole nitrogens is 1. The summed E-state index contributed by atoms with van der Waals surface area (Å²) in [6.45, 7) is 7.26. The Hall–Kier alpha value is -2.42. The second kappa shape index (κ2) is 7.90. The van der Waals surface area contributed by atoms with Gasteiger partial charge >= 0.3 is 6.03 Å². The van der Waals surface area contributed by atoms with Gasteiger partial charge in [0, 0.05) is 38.5 Å². The number of aryl methyl sites for hydroxylation is 1. The van der Waals surface area contributed by atoms with Gasteiger partial charge in [-0.25, -0.2) is 9.78 Å². The molecule has 1 spiro atoms. The number of rotatable bonds is 6. The Bertz CT molecular complexity index is 751. The van der Waals surface area contributed by atoms with Crippen molar-refractivity contribution in [2.75, 3.05) is 32.8 Å². The highest BCUT2D eigenvalue weighted by Crippen LogP contribution is 2.38. The molecule has 1 aromatic rings. The van der Waals surface area contributed by atoms with E-state index in [1.54, 1.807) is 16.7 Å². The van der Waals surface area contributed by atoms with E-state index in [1.807, 2.05) is 13.8 Å². The summed E-state index contributed by atoms with van der Waals surface area (Å²) < 4.78 is 0. The fraction of sp³-hybridized carbons (Fsp3) is 0.684. The monoisotopic (exact) mass is 391 g/mol. The number of likely N-dealkylation sites (tertiary alicyclic amines) is 1. The predicted molar refractivity (Wildman–Crippen MR) is 102 cm³/mol. The third-order valence-electron chi connectivity index (χ3n) is 5.62. The Morgan fingerprint density at radius 3 is 2.54 bits per heavy atom. The molecule has 4 amide bonds. The first-order chi connectivity index (χ1) is 13.3. The topological polar surface area (TPSA) is 110 Å². The molecule has 154 valence electrons. The van der Waals surface area contributed by atoms with E-state index in [-0.39, 0.29) is 36.9 Å². The molecule has 2 aliphatic heterocycles. The lowest BCUT2D eigenvalue weighted by molar-refractivity contribution is -0.135. The van der Waals surface area contributed by atoms with Crippen molar-refractivity contribution in [3.8, 4) is 0 Å². The average molecular weight is 391 g/mol. The highest BCUT2D eigenvalue weighted by Gasteiger charge is 2.58. The number of aliphatic hydroxyl groups is 1. The van der Waals surface area contributed by atoms with Crippen LogP contribution < -0.4 is 0 Å². The highest BCUT2D eigenvalue weighted by molar-refractivity contribution is 6.07. The molecule has 3 heterocycles. The highest BCUT2D eigenvalue weighted by atomic mass is 16.3. The fourth-order valence-corrected chi connectivity index (χ4v) is 4.11. The van der Waals surface area contributed by atoms with E-state index in [2.05, 4.69) is 9.97 Å². The molecule has 0 radical (unpaired) electrons. The second-order valence-electron chi connectivity index (χ2n) is 8.02. The molecule has 9 nitrogen and oxygen atoms in total. The first-order valence-corrected chi connectivity index (χ1v) is 9.85. The van der Waals surface area contributed by atoms with Crippen molar-refractivity contribution >= 4 is 17.8 Å². The minimum atomic E-state index is -0.895. The largest absolute Gasteiger partial charge is 0.396 e. The van der Waals surface area contributed by atoms with Gasteiger partial charge in [0.2, 0.25) is 0 Å². The van der Waals surface area contributed by atoms with Gasteiger partial charge in [-0.2, -0.15) is 0 Å². The van der Waals surface area contributed by atoms with Gasteiger partial charge < -0.3 is 19.9 Å². The van der Waals surface area contributed by atoms with Crippen LogP contribution in [-0.4, -0.2) is 85.9 Å². The van der Waals surface area contributed by atoms with E-state index in [4.69, 9.17) is 5.11 Å². The third kappa shape index (κ3) is 3.39. The quantitative estimate of drug-likeness (QED) is 0.703. The summed E-state index contributed by atoms with van der Waals surface area (Å²) in [4.78, 5) is 50.6. The number of hydrogen-bond donors (Lipinski definition) is 2. The molecule has 2 aliphatic rings. The summed E-state index contributed by atoms with van der Waals surface area (Å²) in [6.07, 6.45) is 2.69. The third-order valence-corrected chi connectivity index (χ3v) is 5.62. The van der Waals surface area contributed by atoms with E-state index < -0.39 is 5.54 Å². The minimum Gasteiger partial charge on any atom is -0.396 e. The van der Waals surface area contributed by atoms with Crippen LogP contribution in [0.15, 0.2) is 6.33 Å². The van der Waals surface area contributed by atoms with Crippen LogP contribution in [0, 0.1) is 12.8 Å². The number of amides is 4. The van der Waals surface area contributed by atoms with Crippen molar-refractivity contribution in [1.82, 2.24) is 24.7 Å². The molecular weight excluding hydrogens is 362 g/mol. The minimum absolute atomic E-state index is 0.0699. The number of nitrogens with one attached hydrogen (secondary N) is 1. The molecule has 0 bridgehead atoms. The Kier molecular flexibility index (Phi) is 5.74. The van der Waals surface area contributed by atoms with Gasteiger partial charge in [-0.15, -0.1) is 0 Å². The Morgan fingerprint density at radius 1 is 1.32 bits per heavy atom. The molecule has 0 saturated carbocycles. The standard InChI is InChI=1S/C19H29N5O4/c1-13(2)11-24-18(28)23(7-4-10-25)17(27)19(24)5-8-22(9-6-19)16(26)15-14(3)20-12-21-15/h12-13,25H,4-11H2,1-3H3,(H,20,21). The Morgan fingerprint density at radius 2 is 2.00 bits per heavy atom. The number of carbonyl (C=O) groups excluding carboxylic acids is 3. The van der Waals surface area contributed by atoms with Crippen LogP contribution in [0.5, 0.6) is 0 Å². The second-order valence-corrected chi connectivity index (χ2v) is 8.02. The van der Waals surface area contributed by atoms with Crippen LogP contribution in [-0.2, 0) is 4.79 Å². The number of piperidine rings is 1. The van der Waals surface area contributed by atoms with Crippen LogP contribution in [0.25, 0.3) is 0 Å². The zero-order valence-corrected chi connectivity index (χ0v) is 16.8. The Labute approximate surface area is 164 Å². The fourth-order valence-electron chi connectivity index (χ4n) is 4.11. The molecule has 1 aromatic heterocycles. The maximum absolute atomic E-state index is 13.2. The molecule has 0 atom stereocenters. The number of aromatic nitrogens is 2. The van der Waals surface area contributed by atoms with E-state index in [0.29, 0.717) is 50.3 Å². The van der Waals surface area contributed by atoms with E-state index in [9.17, 15) is 14.4 Å². The SMILES string of the molecule is Cc1[nH]cnc1C(=O)N1CCC2(CC1)C(=O)N(CCCO)C(=O)N2CC(C)C. The number of imidazole rings is 1. The van der Waals surface area contributed by atoms with Crippen LogP contribution in [0.4, 0.5) is 4.79 Å². The molecule has 0 unspecified atom stereocenters. The first kappa shape index (κ1) is 20.3. The van der Waals surface area contributed by atoms with Gasteiger partial charge in [-0.05, 0) is 32.1 Å². The van der Waals surface area contributed by atoms with Crippen LogP contribution >= 0.6 is 0 Å². The summed E-state index contributed by atoms with van der Waals surface area (Å²) in [6, 6.07) is -0.282. The lowest BCUT2D eigenvalue weighted by Crippen LogP contribution is -2.58. The molecule has 3 rings (SSSR count). The molecule has 2 N–H and O–H groups in total. The number of urea groups is 1. The summed E-state index contributed by atoms with van der Waals surface area (Å²) in [5, 5.41) is 9.11. The van der Waals surface area contributed by atoms with Gasteiger partial charge in [0.05, 0.1) is 6.33 Å². The van der Waals surface area contributed by atoms with Crippen LogP contribution in [0.3, 0.4) is 0 Å². The molecule has 0 aromatic carbocycles.